The van der Waals surface area contributed by atoms with Crippen LogP contribution in [-0.4, -0.2) is 44.5 Å². The van der Waals surface area contributed by atoms with Crippen LogP contribution in [0.3, 0.4) is 0 Å². The van der Waals surface area contributed by atoms with Crippen molar-refractivity contribution in [2.45, 2.75) is 24.6 Å². The number of ether oxygens (including phenoxy) is 2. The molecule has 4 rings (SSSR count). The molecular weight excluding hydrogens is 399 g/mol. The summed E-state index contributed by atoms with van der Waals surface area (Å²) in [7, 11) is 1.13. The molecule has 6 nitrogen and oxygen atoms in total. The van der Waals surface area contributed by atoms with Crippen LogP contribution < -0.4 is 20.3 Å². The fourth-order valence-corrected chi connectivity index (χ4v) is 3.80. The van der Waals surface area contributed by atoms with E-state index in [-0.39, 0.29) is 38.4 Å². The van der Waals surface area contributed by atoms with Gasteiger partial charge >= 0.3 is 6.18 Å². The number of hydrogen-bond donors (Lipinski definition) is 2. The number of alkyl halides is 3. The fourth-order valence-electron chi connectivity index (χ4n) is 3.80. The molecule has 2 aromatic rings. The molecule has 0 aromatic heterocycles. The first kappa shape index (κ1) is 20.3. The van der Waals surface area contributed by atoms with Crippen molar-refractivity contribution in [3.05, 3.63) is 42.5 Å². The molecule has 2 N–H and O–H groups in total. The van der Waals surface area contributed by atoms with E-state index in [9.17, 15) is 18.0 Å². The van der Waals surface area contributed by atoms with Gasteiger partial charge in [-0.3, -0.25) is 4.79 Å². The Morgan fingerprint density at radius 3 is 2.40 bits per heavy atom. The topological polar surface area (TPSA) is 62.8 Å². The number of rotatable bonds is 4. The summed E-state index contributed by atoms with van der Waals surface area (Å²) in [4.78, 5) is 13.3. The molecule has 0 spiro atoms. The molecule has 0 saturated carbocycles. The van der Waals surface area contributed by atoms with Crippen molar-refractivity contribution in [3.63, 3.8) is 0 Å². The van der Waals surface area contributed by atoms with Crippen molar-refractivity contribution in [1.82, 2.24) is 0 Å². The molecule has 2 heterocycles. The van der Waals surface area contributed by atoms with Crippen molar-refractivity contribution in [3.8, 4) is 5.75 Å². The van der Waals surface area contributed by atoms with E-state index in [0.29, 0.717) is 11.4 Å². The maximum absolute atomic E-state index is 13.3. The van der Waals surface area contributed by atoms with Crippen LogP contribution in [0.25, 0.3) is 0 Å². The summed E-state index contributed by atoms with van der Waals surface area (Å²) in [6, 6.07) is 12.9. The van der Waals surface area contributed by atoms with Crippen LogP contribution >= 0.6 is 0 Å². The van der Waals surface area contributed by atoms with E-state index >= 15 is 0 Å². The van der Waals surface area contributed by atoms with Gasteiger partial charge in [0.25, 0.3) is 5.91 Å². The highest BCUT2D eigenvalue weighted by molar-refractivity contribution is 5.95. The first-order valence-electron chi connectivity index (χ1n) is 9.60. The van der Waals surface area contributed by atoms with Gasteiger partial charge in [-0.15, -0.1) is 0 Å². The number of halogens is 3. The molecule has 2 aliphatic heterocycles. The summed E-state index contributed by atoms with van der Waals surface area (Å²) in [5, 5.41) is 5.99. The Bertz CT molecular complexity index is 923. The van der Waals surface area contributed by atoms with Crippen LogP contribution in [0.15, 0.2) is 42.5 Å². The maximum atomic E-state index is 13.3. The quantitative estimate of drug-likeness (QED) is 0.771. The zero-order valence-electron chi connectivity index (χ0n) is 16.4. The largest absolute Gasteiger partial charge is 0.482 e. The number of anilines is 4. The smallest absolute Gasteiger partial charge is 0.417 e. The number of methoxy groups -OCH3 is 1. The van der Waals surface area contributed by atoms with Gasteiger partial charge in [0.15, 0.2) is 12.2 Å². The molecule has 30 heavy (non-hydrogen) atoms. The Balaban J connectivity index is 1.40. The van der Waals surface area contributed by atoms with E-state index in [2.05, 4.69) is 10.6 Å². The third-order valence-corrected chi connectivity index (χ3v) is 5.61. The van der Waals surface area contributed by atoms with Crippen molar-refractivity contribution >= 4 is 28.7 Å². The van der Waals surface area contributed by atoms with Crippen LogP contribution in [0.5, 0.6) is 5.75 Å². The highest BCUT2D eigenvalue weighted by Gasteiger charge is 2.56. The number of carbonyl (C=O) groups is 1. The van der Waals surface area contributed by atoms with E-state index < -0.39 is 11.8 Å². The fraction of sp³-hybridized carbons (Fsp3) is 0.381. The predicted molar refractivity (Wildman–Crippen MR) is 108 cm³/mol. The minimum Gasteiger partial charge on any atom is -0.482 e. The number of benzene rings is 2. The molecule has 1 amide bonds. The van der Waals surface area contributed by atoms with Gasteiger partial charge in [-0.2, -0.15) is 13.2 Å². The zero-order chi connectivity index (χ0) is 21.4. The summed E-state index contributed by atoms with van der Waals surface area (Å²) in [6.07, 6.45) is -4.57. The standard InChI is InChI=1S/C21H22F3N3O3/c1-29-20(21(22,23)24)8-10-27(11-9-20)16-5-2-14(3-6-16)25-15-4-7-17-18(12-15)30-13-19(28)26-17/h2-7,12,25H,8-11,13H2,1H3,(H,26,28). The molecule has 0 bridgehead atoms. The van der Waals surface area contributed by atoms with Gasteiger partial charge in [-0.05, 0) is 36.4 Å². The number of nitrogens with one attached hydrogen (secondary N) is 2. The van der Waals surface area contributed by atoms with E-state index in [4.69, 9.17) is 9.47 Å². The van der Waals surface area contributed by atoms with Crippen LogP contribution in [-0.2, 0) is 9.53 Å². The molecule has 1 fully saturated rings. The lowest BCUT2D eigenvalue weighted by atomic mass is 9.90. The molecule has 0 radical (unpaired) electrons. The van der Waals surface area contributed by atoms with Gasteiger partial charge < -0.3 is 25.0 Å². The van der Waals surface area contributed by atoms with Gasteiger partial charge in [-0.25, -0.2) is 0 Å². The lowest BCUT2D eigenvalue weighted by molar-refractivity contribution is -0.276. The Morgan fingerprint density at radius 1 is 1.10 bits per heavy atom. The van der Waals surface area contributed by atoms with Gasteiger partial charge in [0.1, 0.15) is 5.75 Å². The first-order valence-corrected chi connectivity index (χ1v) is 9.60. The Morgan fingerprint density at radius 2 is 1.77 bits per heavy atom. The summed E-state index contributed by atoms with van der Waals surface area (Å²) in [6.45, 7) is 0.529. The number of nitrogens with zero attached hydrogens (tertiary/aromatic N) is 1. The minimum absolute atomic E-state index is 0.0142. The van der Waals surface area contributed by atoms with E-state index in [1.807, 2.05) is 35.2 Å². The lowest BCUT2D eigenvalue weighted by Gasteiger charge is -2.42. The van der Waals surface area contributed by atoms with Crippen molar-refractivity contribution in [2.24, 2.45) is 0 Å². The Kier molecular flexibility index (Phi) is 5.23. The SMILES string of the molecule is COC1(C(F)(F)F)CCN(c2ccc(Nc3ccc4c(c3)OCC(=O)N4)cc2)CC1. The number of fused-ring (bicyclic) bond motifs is 1. The second kappa shape index (κ2) is 7.71. The van der Waals surface area contributed by atoms with Gasteiger partial charge in [0.05, 0.1) is 5.69 Å². The van der Waals surface area contributed by atoms with Gasteiger partial charge in [0, 0.05) is 56.2 Å². The molecule has 2 aliphatic rings. The molecule has 0 aliphatic carbocycles. The number of piperidine rings is 1. The average Bonchev–Trinajstić information content (AvgIpc) is 2.74. The third kappa shape index (κ3) is 3.89. The summed E-state index contributed by atoms with van der Waals surface area (Å²) < 4.78 is 50.3. The van der Waals surface area contributed by atoms with Crippen LogP contribution in [0, 0.1) is 0 Å². The Hall–Kier alpha value is -2.94. The normalized spacial score (nSPS) is 18.3. The average molecular weight is 421 g/mol. The summed E-state index contributed by atoms with van der Waals surface area (Å²) >= 11 is 0. The maximum Gasteiger partial charge on any atom is 0.417 e. The zero-order valence-corrected chi connectivity index (χ0v) is 16.4. The van der Waals surface area contributed by atoms with Crippen molar-refractivity contribution in [2.75, 3.05) is 42.3 Å². The lowest BCUT2D eigenvalue weighted by Crippen LogP contribution is -2.54. The summed E-state index contributed by atoms with van der Waals surface area (Å²) in [5.74, 6) is 0.408. The van der Waals surface area contributed by atoms with Crippen LogP contribution in [0.2, 0.25) is 0 Å². The van der Waals surface area contributed by atoms with Crippen molar-refractivity contribution in [1.29, 1.82) is 0 Å². The molecular formula is C21H22F3N3O3. The molecule has 1 saturated heterocycles. The van der Waals surface area contributed by atoms with Gasteiger partial charge in [0.2, 0.25) is 0 Å². The molecule has 0 unspecified atom stereocenters. The highest BCUT2D eigenvalue weighted by Crippen LogP contribution is 2.42. The number of carbonyl (C=O) groups excluding carboxylic acids is 1. The second-order valence-corrected chi connectivity index (χ2v) is 7.40. The van der Waals surface area contributed by atoms with E-state index in [1.54, 1.807) is 12.1 Å². The molecule has 160 valence electrons. The monoisotopic (exact) mass is 421 g/mol. The first-order chi connectivity index (χ1) is 14.3. The molecule has 9 heteroatoms. The highest BCUT2D eigenvalue weighted by atomic mass is 19.4. The van der Waals surface area contributed by atoms with Gasteiger partial charge in [-0.1, -0.05) is 0 Å². The van der Waals surface area contributed by atoms with Crippen LogP contribution in [0.1, 0.15) is 12.8 Å². The predicted octanol–water partition coefficient (Wildman–Crippen LogP) is 4.31. The summed E-state index contributed by atoms with van der Waals surface area (Å²) in [5.41, 5.74) is 1.06. The van der Waals surface area contributed by atoms with Crippen LogP contribution in [0.4, 0.5) is 35.9 Å². The second-order valence-electron chi connectivity index (χ2n) is 7.40. The van der Waals surface area contributed by atoms with E-state index in [1.165, 1.54) is 0 Å². The number of amides is 1. The molecule has 0 atom stereocenters. The van der Waals surface area contributed by atoms with Crippen molar-refractivity contribution < 1.29 is 27.4 Å². The Labute approximate surface area is 172 Å². The van der Waals surface area contributed by atoms with E-state index in [0.717, 1.165) is 24.2 Å². The third-order valence-electron chi connectivity index (χ3n) is 5.61. The molecule has 2 aromatic carbocycles. The minimum atomic E-state index is -4.37. The number of hydrogen-bond acceptors (Lipinski definition) is 5.